The highest BCUT2D eigenvalue weighted by atomic mass is 32.2. The Morgan fingerprint density at radius 3 is 3.23 bits per heavy atom. The molecule has 0 amide bonds. The Morgan fingerprint density at radius 1 is 1.77 bits per heavy atom. The highest BCUT2D eigenvalue weighted by Gasteiger charge is 1.94. The van der Waals surface area contributed by atoms with E-state index in [0.717, 1.165) is 16.6 Å². The lowest BCUT2D eigenvalue weighted by molar-refractivity contribution is 0.362. The van der Waals surface area contributed by atoms with Gasteiger partial charge in [0.2, 0.25) is 5.13 Å². The van der Waals surface area contributed by atoms with Gasteiger partial charge in [-0.3, -0.25) is 0 Å². The van der Waals surface area contributed by atoms with Crippen molar-refractivity contribution in [2.75, 3.05) is 17.5 Å². The van der Waals surface area contributed by atoms with E-state index in [1.165, 1.54) is 11.3 Å². The SMILES string of the molecule is CSCC#CONc1nc(C)cs1. The quantitative estimate of drug-likeness (QED) is 0.617. The zero-order valence-electron chi connectivity index (χ0n) is 7.46. The van der Waals surface area contributed by atoms with Crippen molar-refractivity contribution in [2.24, 2.45) is 0 Å². The molecule has 1 heterocycles. The van der Waals surface area contributed by atoms with E-state index in [2.05, 4.69) is 22.5 Å². The van der Waals surface area contributed by atoms with E-state index >= 15 is 0 Å². The van der Waals surface area contributed by atoms with Gasteiger partial charge in [0.05, 0.1) is 11.4 Å². The van der Waals surface area contributed by atoms with Crippen LogP contribution in [0.3, 0.4) is 0 Å². The molecule has 0 fully saturated rings. The smallest absolute Gasteiger partial charge is 0.217 e. The molecule has 0 aliphatic rings. The van der Waals surface area contributed by atoms with Gasteiger partial charge in [-0.2, -0.15) is 17.2 Å². The Morgan fingerprint density at radius 2 is 2.62 bits per heavy atom. The monoisotopic (exact) mass is 214 g/mol. The summed E-state index contributed by atoms with van der Waals surface area (Å²) in [5, 5.41) is 2.68. The molecule has 0 aromatic carbocycles. The minimum atomic E-state index is 0.732. The van der Waals surface area contributed by atoms with Crippen molar-refractivity contribution in [3.05, 3.63) is 11.1 Å². The van der Waals surface area contributed by atoms with Crippen LogP contribution in [-0.4, -0.2) is 17.0 Å². The minimum absolute atomic E-state index is 0.732. The van der Waals surface area contributed by atoms with Gasteiger partial charge in [-0.05, 0) is 19.1 Å². The van der Waals surface area contributed by atoms with Crippen molar-refractivity contribution in [1.82, 2.24) is 4.98 Å². The lowest BCUT2D eigenvalue weighted by atomic mass is 10.6. The molecule has 0 bridgehead atoms. The third-order valence-corrected chi connectivity index (χ3v) is 2.39. The number of hydrogen-bond acceptors (Lipinski definition) is 5. The standard InChI is InChI=1S/C8H10N2OS2/c1-7-6-13-8(9-7)10-11-4-3-5-12-2/h6H,5H2,1-2H3,(H,9,10). The number of thioether (sulfide) groups is 1. The molecule has 3 nitrogen and oxygen atoms in total. The Kier molecular flexibility index (Phi) is 4.50. The number of rotatable bonds is 3. The second kappa shape index (κ2) is 5.73. The number of hydrogen-bond donors (Lipinski definition) is 1. The molecule has 0 aliphatic carbocycles. The molecule has 0 unspecified atom stereocenters. The minimum Gasteiger partial charge on any atom is -0.327 e. The third-order valence-electron chi connectivity index (χ3n) is 1.10. The van der Waals surface area contributed by atoms with E-state index in [1.54, 1.807) is 11.8 Å². The normalized spacial score (nSPS) is 8.77. The van der Waals surface area contributed by atoms with Gasteiger partial charge in [-0.1, -0.05) is 0 Å². The molecule has 0 aliphatic heterocycles. The maximum absolute atomic E-state index is 4.86. The van der Waals surface area contributed by atoms with Gasteiger partial charge in [0.25, 0.3) is 0 Å². The van der Waals surface area contributed by atoms with Gasteiger partial charge < -0.3 is 4.84 Å². The molecule has 1 aromatic rings. The largest absolute Gasteiger partial charge is 0.327 e. The van der Waals surface area contributed by atoms with Gasteiger partial charge in [-0.15, -0.1) is 11.3 Å². The molecule has 13 heavy (non-hydrogen) atoms. The Bertz CT molecular complexity index is 313. The molecule has 1 N–H and O–H groups in total. The lowest BCUT2D eigenvalue weighted by Crippen LogP contribution is -1.94. The maximum Gasteiger partial charge on any atom is 0.217 e. The summed E-state index contributed by atoms with van der Waals surface area (Å²) in [6, 6.07) is 0. The first kappa shape index (κ1) is 10.2. The van der Waals surface area contributed by atoms with Gasteiger partial charge in [0.1, 0.15) is 6.11 Å². The fraction of sp³-hybridized carbons (Fsp3) is 0.375. The molecule has 0 saturated carbocycles. The zero-order chi connectivity index (χ0) is 9.52. The van der Waals surface area contributed by atoms with E-state index in [1.807, 2.05) is 18.6 Å². The van der Waals surface area contributed by atoms with Crippen LogP contribution in [0.25, 0.3) is 0 Å². The predicted octanol–water partition coefficient (Wildman–Crippen LogP) is 2.12. The van der Waals surface area contributed by atoms with Crippen LogP contribution >= 0.6 is 23.1 Å². The van der Waals surface area contributed by atoms with Crippen LogP contribution in [0.4, 0.5) is 5.13 Å². The van der Waals surface area contributed by atoms with Crippen LogP contribution in [-0.2, 0) is 4.84 Å². The van der Waals surface area contributed by atoms with Gasteiger partial charge >= 0.3 is 0 Å². The molecule has 1 rings (SSSR count). The first-order valence-corrected chi connectivity index (χ1v) is 5.91. The molecule has 70 valence electrons. The molecule has 0 radical (unpaired) electrons. The number of anilines is 1. The van der Waals surface area contributed by atoms with Crippen LogP contribution < -0.4 is 5.48 Å². The van der Waals surface area contributed by atoms with Gasteiger partial charge in [0.15, 0.2) is 0 Å². The van der Waals surface area contributed by atoms with Gasteiger partial charge in [0, 0.05) is 5.38 Å². The van der Waals surface area contributed by atoms with E-state index in [9.17, 15) is 0 Å². The van der Waals surface area contributed by atoms with Crippen molar-refractivity contribution < 1.29 is 4.84 Å². The van der Waals surface area contributed by atoms with Crippen LogP contribution in [0.5, 0.6) is 0 Å². The average molecular weight is 214 g/mol. The Hall–Kier alpha value is -0.860. The van der Waals surface area contributed by atoms with E-state index in [4.69, 9.17) is 4.84 Å². The van der Waals surface area contributed by atoms with Crippen LogP contribution in [0.2, 0.25) is 0 Å². The summed E-state index contributed by atoms with van der Waals surface area (Å²) >= 11 is 3.15. The number of nitrogens with zero attached hydrogens (tertiary/aromatic N) is 1. The summed E-state index contributed by atoms with van der Waals surface area (Å²) < 4.78 is 0. The highest BCUT2D eigenvalue weighted by Crippen LogP contribution is 2.13. The van der Waals surface area contributed by atoms with E-state index in [-0.39, 0.29) is 0 Å². The number of thiazole rings is 1. The number of aryl methyl sites for hydroxylation is 1. The topological polar surface area (TPSA) is 34.1 Å². The van der Waals surface area contributed by atoms with Crippen molar-refractivity contribution in [2.45, 2.75) is 6.92 Å². The summed E-state index contributed by atoms with van der Waals surface area (Å²) in [6.07, 6.45) is 4.52. The second-order valence-electron chi connectivity index (χ2n) is 2.21. The summed E-state index contributed by atoms with van der Waals surface area (Å²) in [7, 11) is 0. The molecule has 0 saturated heterocycles. The zero-order valence-corrected chi connectivity index (χ0v) is 9.09. The molecular formula is C8H10N2OS2. The van der Waals surface area contributed by atoms with Crippen molar-refractivity contribution in [3.63, 3.8) is 0 Å². The summed E-state index contributed by atoms with van der Waals surface area (Å²) in [5.41, 5.74) is 3.63. The predicted molar refractivity (Wildman–Crippen MR) is 57.7 cm³/mol. The van der Waals surface area contributed by atoms with Gasteiger partial charge in [-0.25, -0.2) is 4.98 Å². The lowest BCUT2D eigenvalue weighted by Gasteiger charge is -1.94. The highest BCUT2D eigenvalue weighted by molar-refractivity contribution is 7.98. The first-order valence-electron chi connectivity index (χ1n) is 3.63. The number of aromatic nitrogens is 1. The van der Waals surface area contributed by atoms with Crippen molar-refractivity contribution >= 4 is 28.2 Å². The maximum atomic E-state index is 4.86. The van der Waals surface area contributed by atoms with E-state index in [0.29, 0.717) is 0 Å². The van der Waals surface area contributed by atoms with E-state index < -0.39 is 0 Å². The fourth-order valence-electron chi connectivity index (χ4n) is 0.608. The molecule has 1 aromatic heterocycles. The molecular weight excluding hydrogens is 204 g/mol. The number of nitrogens with one attached hydrogen (secondary N) is 1. The molecule has 5 heteroatoms. The third kappa shape index (κ3) is 4.06. The molecule has 0 atom stereocenters. The van der Waals surface area contributed by atoms with Crippen molar-refractivity contribution in [3.8, 4) is 12.0 Å². The van der Waals surface area contributed by atoms with Crippen LogP contribution in [0.1, 0.15) is 5.69 Å². The Balaban J connectivity index is 2.24. The summed E-state index contributed by atoms with van der Waals surface area (Å²) in [4.78, 5) is 9.00. The van der Waals surface area contributed by atoms with Crippen LogP contribution in [0.15, 0.2) is 5.38 Å². The fourth-order valence-corrected chi connectivity index (χ4v) is 1.43. The molecule has 0 spiro atoms. The van der Waals surface area contributed by atoms with Crippen LogP contribution in [0, 0.1) is 19.0 Å². The average Bonchev–Trinajstić information content (AvgIpc) is 2.51. The summed E-state index contributed by atoms with van der Waals surface area (Å²) in [6.45, 7) is 1.93. The first-order chi connectivity index (χ1) is 6.33. The Labute approximate surface area is 85.9 Å². The summed E-state index contributed by atoms with van der Waals surface area (Å²) in [5.74, 6) is 3.59. The van der Waals surface area contributed by atoms with Crippen molar-refractivity contribution in [1.29, 1.82) is 0 Å². The second-order valence-corrected chi connectivity index (χ2v) is 3.93.